The van der Waals surface area contributed by atoms with Crippen molar-refractivity contribution in [1.29, 1.82) is 0 Å². The average molecular weight is 459 g/mol. The second-order valence-corrected chi connectivity index (χ2v) is 8.68. The summed E-state index contributed by atoms with van der Waals surface area (Å²) in [4.78, 5) is 31.7. The molecular formula is C28H22N6O. The number of fused-ring (bicyclic) bond motifs is 1. The molecule has 1 aliphatic carbocycles. The topological polar surface area (TPSA) is 107 Å². The van der Waals surface area contributed by atoms with Gasteiger partial charge in [0, 0.05) is 28.9 Å². The zero-order chi connectivity index (χ0) is 23.8. The highest BCUT2D eigenvalue weighted by atomic mass is 16.2. The highest BCUT2D eigenvalue weighted by molar-refractivity contribution is 5.99. The molecule has 0 saturated heterocycles. The molecule has 6 rings (SSSR count). The summed E-state index contributed by atoms with van der Waals surface area (Å²) >= 11 is 0. The van der Waals surface area contributed by atoms with Gasteiger partial charge in [-0.05, 0) is 43.2 Å². The Bertz CT molecular complexity index is 1550. The average Bonchev–Trinajstić information content (AvgIpc) is 3.69. The zero-order valence-corrected chi connectivity index (χ0v) is 18.8. The van der Waals surface area contributed by atoms with E-state index in [0.717, 1.165) is 40.6 Å². The summed E-state index contributed by atoms with van der Waals surface area (Å²) in [6.45, 7) is 0. The van der Waals surface area contributed by atoms with Crippen molar-refractivity contribution in [3.05, 3.63) is 103 Å². The smallest absolute Gasteiger partial charge is 0.274 e. The molecule has 2 aromatic carbocycles. The van der Waals surface area contributed by atoms with Gasteiger partial charge in [0.25, 0.3) is 5.91 Å². The van der Waals surface area contributed by atoms with Crippen LogP contribution in [0.1, 0.15) is 29.0 Å². The molecule has 0 aliphatic heterocycles. The summed E-state index contributed by atoms with van der Waals surface area (Å²) in [5, 5.41) is 4.09. The van der Waals surface area contributed by atoms with Gasteiger partial charge in [-0.25, -0.2) is 9.97 Å². The van der Waals surface area contributed by atoms with Gasteiger partial charge < -0.3 is 11.1 Å². The van der Waals surface area contributed by atoms with Gasteiger partial charge in [-0.15, -0.1) is 0 Å². The third-order valence-corrected chi connectivity index (χ3v) is 6.32. The molecule has 7 heteroatoms. The van der Waals surface area contributed by atoms with E-state index in [-0.39, 0.29) is 17.4 Å². The summed E-state index contributed by atoms with van der Waals surface area (Å²) in [7, 11) is 0. The summed E-state index contributed by atoms with van der Waals surface area (Å²) in [5.41, 5.74) is 10.6. The van der Waals surface area contributed by atoms with Gasteiger partial charge in [-0.3, -0.25) is 14.8 Å². The van der Waals surface area contributed by atoms with Crippen LogP contribution in [0.5, 0.6) is 0 Å². The number of benzene rings is 2. The van der Waals surface area contributed by atoms with Crippen LogP contribution in [0.4, 0.5) is 5.82 Å². The number of pyridine rings is 2. The van der Waals surface area contributed by atoms with E-state index in [1.165, 1.54) is 0 Å². The predicted octanol–water partition coefficient (Wildman–Crippen LogP) is 4.76. The van der Waals surface area contributed by atoms with E-state index in [2.05, 4.69) is 20.3 Å². The van der Waals surface area contributed by atoms with Crippen LogP contribution in [0.15, 0.2) is 91.3 Å². The van der Waals surface area contributed by atoms with Crippen molar-refractivity contribution in [3.63, 3.8) is 0 Å². The van der Waals surface area contributed by atoms with Crippen molar-refractivity contribution in [1.82, 2.24) is 25.3 Å². The highest BCUT2D eigenvalue weighted by Crippen LogP contribution is 2.44. The molecule has 3 heterocycles. The molecule has 5 aromatic rings. The van der Waals surface area contributed by atoms with Gasteiger partial charge in [-0.1, -0.05) is 48.5 Å². The molecule has 3 N–H and O–H groups in total. The Labute approximate surface area is 202 Å². The number of hydrogen-bond acceptors (Lipinski definition) is 6. The van der Waals surface area contributed by atoms with Crippen molar-refractivity contribution >= 4 is 22.6 Å². The van der Waals surface area contributed by atoms with E-state index in [1.807, 2.05) is 78.9 Å². The van der Waals surface area contributed by atoms with Crippen LogP contribution < -0.4 is 11.1 Å². The van der Waals surface area contributed by atoms with E-state index in [0.29, 0.717) is 11.4 Å². The molecule has 0 radical (unpaired) electrons. The maximum atomic E-state index is 13.4. The van der Waals surface area contributed by atoms with Crippen LogP contribution in [0, 0.1) is 0 Å². The predicted molar refractivity (Wildman–Crippen MR) is 135 cm³/mol. The first-order valence-electron chi connectivity index (χ1n) is 11.5. The minimum Gasteiger partial charge on any atom is -0.382 e. The number of nitrogens with zero attached hydrogens (tertiary/aromatic N) is 4. The van der Waals surface area contributed by atoms with Gasteiger partial charge in [0.1, 0.15) is 0 Å². The Hall–Kier alpha value is -4.65. The number of carbonyl (C=O) groups is 1. The minimum absolute atomic E-state index is 0.0874. The number of anilines is 1. The molecule has 7 nitrogen and oxygen atoms in total. The van der Waals surface area contributed by atoms with Gasteiger partial charge in [0.2, 0.25) is 0 Å². The standard InChI is InChI=1S/C28H22N6O/c29-26-25(27(35)34-28(13-14-28)22-10-4-5-15-31-22)32-24(23(33-26)18-7-2-1-3-8-18)20-11-12-21-19(17-20)9-6-16-30-21/h1-12,15-17H,13-14H2,(H2,29,33)(H,34,35). The number of nitrogens with one attached hydrogen (secondary N) is 1. The lowest BCUT2D eigenvalue weighted by Crippen LogP contribution is -2.36. The van der Waals surface area contributed by atoms with Crippen molar-refractivity contribution in [2.45, 2.75) is 18.4 Å². The number of hydrogen-bond donors (Lipinski definition) is 2. The maximum Gasteiger partial charge on any atom is 0.274 e. The van der Waals surface area contributed by atoms with Crippen LogP contribution in [0.25, 0.3) is 33.4 Å². The van der Waals surface area contributed by atoms with Crippen LogP contribution >= 0.6 is 0 Å². The SMILES string of the molecule is Nc1nc(-c2ccccc2)c(-c2ccc3ncccc3c2)nc1C(=O)NC1(c2ccccn2)CC1. The summed E-state index contributed by atoms with van der Waals surface area (Å²) in [5.74, 6) is -0.272. The summed E-state index contributed by atoms with van der Waals surface area (Å²) in [6, 6.07) is 25.2. The third kappa shape index (κ3) is 3.87. The normalized spacial score (nSPS) is 13.9. The van der Waals surface area contributed by atoms with E-state index in [1.54, 1.807) is 12.4 Å². The summed E-state index contributed by atoms with van der Waals surface area (Å²) < 4.78 is 0. The summed E-state index contributed by atoms with van der Waals surface area (Å²) in [6.07, 6.45) is 5.13. The van der Waals surface area contributed by atoms with Crippen LogP contribution in [-0.4, -0.2) is 25.8 Å². The van der Waals surface area contributed by atoms with Gasteiger partial charge in [0.05, 0.1) is 28.1 Å². The number of carbonyl (C=O) groups excluding carboxylic acids is 1. The first-order chi connectivity index (χ1) is 17.1. The lowest BCUT2D eigenvalue weighted by molar-refractivity contribution is 0.0925. The number of rotatable bonds is 5. The molecule has 0 spiro atoms. The Balaban J connectivity index is 1.46. The van der Waals surface area contributed by atoms with E-state index >= 15 is 0 Å². The number of nitrogens with two attached hydrogens (primary N) is 1. The zero-order valence-electron chi connectivity index (χ0n) is 18.8. The monoisotopic (exact) mass is 458 g/mol. The number of amides is 1. The van der Waals surface area contributed by atoms with Crippen LogP contribution in [0.3, 0.4) is 0 Å². The second kappa shape index (κ2) is 8.29. The minimum atomic E-state index is -0.487. The molecule has 0 unspecified atom stereocenters. The van der Waals surface area contributed by atoms with Gasteiger partial charge >= 0.3 is 0 Å². The van der Waals surface area contributed by atoms with Crippen molar-refractivity contribution < 1.29 is 4.79 Å². The quantitative estimate of drug-likeness (QED) is 0.393. The molecule has 3 aromatic heterocycles. The van der Waals surface area contributed by atoms with Crippen molar-refractivity contribution in [2.75, 3.05) is 5.73 Å². The largest absolute Gasteiger partial charge is 0.382 e. The lowest BCUT2D eigenvalue weighted by Gasteiger charge is -2.18. The molecular weight excluding hydrogens is 436 g/mol. The van der Waals surface area contributed by atoms with Crippen LogP contribution in [-0.2, 0) is 5.54 Å². The third-order valence-electron chi connectivity index (χ3n) is 6.32. The number of aromatic nitrogens is 4. The van der Waals surface area contributed by atoms with Crippen molar-refractivity contribution in [3.8, 4) is 22.5 Å². The Morgan fingerprint density at radius 2 is 1.57 bits per heavy atom. The number of nitrogen functional groups attached to an aromatic ring is 1. The second-order valence-electron chi connectivity index (χ2n) is 8.68. The van der Waals surface area contributed by atoms with Gasteiger partial charge in [0.15, 0.2) is 11.5 Å². The van der Waals surface area contributed by atoms with E-state index in [9.17, 15) is 4.79 Å². The fourth-order valence-electron chi connectivity index (χ4n) is 4.33. The van der Waals surface area contributed by atoms with E-state index < -0.39 is 5.54 Å². The Morgan fingerprint density at radius 3 is 2.34 bits per heavy atom. The molecule has 170 valence electrons. The first kappa shape index (κ1) is 20.9. The lowest BCUT2D eigenvalue weighted by atomic mass is 10.0. The highest BCUT2D eigenvalue weighted by Gasteiger charge is 2.47. The molecule has 1 fully saturated rings. The van der Waals surface area contributed by atoms with Crippen LogP contribution in [0.2, 0.25) is 0 Å². The Kier molecular flexibility index (Phi) is 4.95. The van der Waals surface area contributed by atoms with Gasteiger partial charge in [-0.2, -0.15) is 0 Å². The molecule has 0 atom stereocenters. The fraction of sp³-hybridized carbons (Fsp3) is 0.107. The Morgan fingerprint density at radius 1 is 0.800 bits per heavy atom. The molecule has 1 aliphatic rings. The van der Waals surface area contributed by atoms with E-state index in [4.69, 9.17) is 10.7 Å². The molecule has 1 saturated carbocycles. The molecule has 1 amide bonds. The molecule has 0 bridgehead atoms. The fourth-order valence-corrected chi connectivity index (χ4v) is 4.33. The van der Waals surface area contributed by atoms with Crippen molar-refractivity contribution in [2.24, 2.45) is 0 Å². The molecule has 35 heavy (non-hydrogen) atoms. The first-order valence-corrected chi connectivity index (χ1v) is 11.5. The maximum absolute atomic E-state index is 13.4.